The molecule has 7 heteroatoms. The Kier molecular flexibility index (Phi) is 4.95. The molecule has 3 rings (SSSR count). The number of amides is 1. The fraction of sp³-hybridized carbons (Fsp3) is 0.222. The van der Waals surface area contributed by atoms with Gasteiger partial charge in [-0.15, -0.1) is 0 Å². The molecule has 3 aromatic rings. The molecule has 0 fully saturated rings. The first-order valence-electron chi connectivity index (χ1n) is 7.78. The molecule has 0 spiro atoms. The van der Waals surface area contributed by atoms with E-state index >= 15 is 0 Å². The van der Waals surface area contributed by atoms with Crippen molar-refractivity contribution >= 4 is 5.91 Å². The monoisotopic (exact) mass is 344 g/mol. The van der Waals surface area contributed by atoms with Crippen LogP contribution < -0.4 is 5.32 Å². The van der Waals surface area contributed by atoms with Crippen LogP contribution in [0.5, 0.6) is 0 Å². The Bertz CT molecular complexity index is 827. The number of aromatic nitrogens is 1. The maximum Gasteiger partial charge on any atom is 0.273 e. The first-order valence-corrected chi connectivity index (χ1v) is 7.78. The maximum atomic E-state index is 12.9. The summed E-state index contributed by atoms with van der Waals surface area (Å²) in [6, 6.07) is 10.2. The van der Waals surface area contributed by atoms with E-state index in [0.29, 0.717) is 23.5 Å². The van der Waals surface area contributed by atoms with Crippen LogP contribution in [0.1, 0.15) is 35.7 Å². The minimum Gasteiger partial charge on any atom is -0.467 e. The molecule has 0 saturated carbocycles. The number of halogens is 1. The fourth-order valence-electron chi connectivity index (χ4n) is 2.42. The third kappa shape index (κ3) is 4.13. The largest absolute Gasteiger partial charge is 0.467 e. The van der Waals surface area contributed by atoms with Gasteiger partial charge in [0, 0.05) is 24.1 Å². The summed E-state index contributed by atoms with van der Waals surface area (Å²) in [4.78, 5) is 12.2. The Balaban J connectivity index is 1.60. The third-order valence-electron chi connectivity index (χ3n) is 3.70. The van der Waals surface area contributed by atoms with Crippen LogP contribution >= 0.6 is 0 Å². The highest BCUT2D eigenvalue weighted by Gasteiger charge is 2.19. The summed E-state index contributed by atoms with van der Waals surface area (Å²) in [5.74, 6) is 0.0379. The van der Waals surface area contributed by atoms with Crippen molar-refractivity contribution in [3.05, 3.63) is 66.0 Å². The summed E-state index contributed by atoms with van der Waals surface area (Å²) in [7, 11) is 0. The smallest absolute Gasteiger partial charge is 0.273 e. The van der Waals surface area contributed by atoms with Gasteiger partial charge in [0.1, 0.15) is 17.7 Å². The first kappa shape index (κ1) is 16.9. The number of nitrogens with zero attached hydrogens (tertiary/aromatic N) is 1. The Morgan fingerprint density at radius 2 is 2.08 bits per heavy atom. The van der Waals surface area contributed by atoms with Gasteiger partial charge in [-0.1, -0.05) is 5.16 Å². The molecular formula is C18H17FN2O4. The number of nitrogens with one attached hydrogen (secondary N) is 1. The van der Waals surface area contributed by atoms with Crippen LogP contribution in [0.4, 0.5) is 4.39 Å². The summed E-state index contributed by atoms with van der Waals surface area (Å²) >= 11 is 0. The SMILES string of the molecule is CC(CC(O)c1ccco1)NC(=O)c1cc(-c2ccc(F)cc2)on1. The number of aliphatic hydroxyl groups is 1. The first-order chi connectivity index (χ1) is 12.0. The predicted octanol–water partition coefficient (Wildman–Crippen LogP) is 3.32. The van der Waals surface area contributed by atoms with Crippen molar-refractivity contribution in [3.63, 3.8) is 0 Å². The molecule has 0 radical (unpaired) electrons. The molecule has 0 bridgehead atoms. The molecule has 1 aromatic carbocycles. The molecule has 2 N–H and O–H groups in total. The van der Waals surface area contributed by atoms with E-state index in [9.17, 15) is 14.3 Å². The zero-order chi connectivity index (χ0) is 17.8. The topological polar surface area (TPSA) is 88.5 Å². The lowest BCUT2D eigenvalue weighted by Gasteiger charge is -2.15. The van der Waals surface area contributed by atoms with Gasteiger partial charge < -0.3 is 19.4 Å². The minimum atomic E-state index is -0.808. The van der Waals surface area contributed by atoms with Gasteiger partial charge in [-0.25, -0.2) is 4.39 Å². The molecule has 2 unspecified atom stereocenters. The summed E-state index contributed by atoms with van der Waals surface area (Å²) in [6.07, 6.45) is 0.966. The Hall–Kier alpha value is -2.93. The van der Waals surface area contributed by atoms with Crippen LogP contribution in [0.15, 0.2) is 57.7 Å². The van der Waals surface area contributed by atoms with Gasteiger partial charge in [0.2, 0.25) is 0 Å². The highest BCUT2D eigenvalue weighted by atomic mass is 19.1. The van der Waals surface area contributed by atoms with Crippen molar-refractivity contribution in [1.29, 1.82) is 0 Å². The van der Waals surface area contributed by atoms with Crippen molar-refractivity contribution in [3.8, 4) is 11.3 Å². The van der Waals surface area contributed by atoms with Gasteiger partial charge in [-0.2, -0.15) is 0 Å². The molecule has 0 aliphatic carbocycles. The Morgan fingerprint density at radius 3 is 2.76 bits per heavy atom. The zero-order valence-electron chi connectivity index (χ0n) is 13.5. The quantitative estimate of drug-likeness (QED) is 0.716. The molecule has 6 nitrogen and oxygen atoms in total. The average molecular weight is 344 g/mol. The van der Waals surface area contributed by atoms with Crippen LogP contribution in [0.3, 0.4) is 0 Å². The average Bonchev–Trinajstić information content (AvgIpc) is 3.27. The van der Waals surface area contributed by atoms with E-state index in [0.717, 1.165) is 0 Å². The van der Waals surface area contributed by atoms with E-state index in [-0.39, 0.29) is 17.6 Å². The second kappa shape index (κ2) is 7.31. The predicted molar refractivity (Wildman–Crippen MR) is 87.1 cm³/mol. The molecule has 1 amide bonds. The van der Waals surface area contributed by atoms with Gasteiger partial charge >= 0.3 is 0 Å². The summed E-state index contributed by atoms with van der Waals surface area (Å²) in [6.45, 7) is 1.77. The third-order valence-corrected chi connectivity index (χ3v) is 3.70. The van der Waals surface area contributed by atoms with E-state index in [4.69, 9.17) is 8.94 Å². The van der Waals surface area contributed by atoms with Crippen LogP contribution in [0, 0.1) is 5.82 Å². The van der Waals surface area contributed by atoms with Gasteiger partial charge in [0.25, 0.3) is 5.91 Å². The number of rotatable bonds is 6. The summed E-state index contributed by atoms with van der Waals surface area (Å²) in [5, 5.41) is 16.5. The van der Waals surface area contributed by atoms with Crippen molar-refractivity contribution in [2.24, 2.45) is 0 Å². The minimum absolute atomic E-state index is 0.110. The molecule has 0 aliphatic rings. The van der Waals surface area contributed by atoms with E-state index in [1.54, 1.807) is 31.2 Å². The molecule has 2 heterocycles. The fourth-order valence-corrected chi connectivity index (χ4v) is 2.42. The second-order valence-electron chi connectivity index (χ2n) is 5.72. The van der Waals surface area contributed by atoms with Crippen molar-refractivity contribution < 1.29 is 23.2 Å². The lowest BCUT2D eigenvalue weighted by molar-refractivity contribution is 0.0894. The van der Waals surface area contributed by atoms with Crippen molar-refractivity contribution in [2.45, 2.75) is 25.5 Å². The number of hydrogen-bond donors (Lipinski definition) is 2. The highest BCUT2D eigenvalue weighted by Crippen LogP contribution is 2.21. The number of aliphatic hydroxyl groups excluding tert-OH is 1. The molecular weight excluding hydrogens is 327 g/mol. The molecule has 0 saturated heterocycles. The van der Waals surface area contributed by atoms with Crippen molar-refractivity contribution in [1.82, 2.24) is 10.5 Å². The standard InChI is InChI=1S/C18H17FN2O4/c1-11(9-15(22)16-3-2-8-24-16)20-18(23)14-10-17(25-21-14)12-4-6-13(19)7-5-12/h2-8,10-11,15,22H,9H2,1H3,(H,20,23). The van der Waals surface area contributed by atoms with Gasteiger partial charge in [0.05, 0.1) is 6.26 Å². The van der Waals surface area contributed by atoms with Crippen LogP contribution in [-0.4, -0.2) is 22.2 Å². The maximum absolute atomic E-state index is 12.9. The number of benzene rings is 1. The number of hydrogen-bond acceptors (Lipinski definition) is 5. The van der Waals surface area contributed by atoms with Gasteiger partial charge in [0.15, 0.2) is 11.5 Å². The molecule has 130 valence electrons. The van der Waals surface area contributed by atoms with E-state index in [2.05, 4.69) is 10.5 Å². The lowest BCUT2D eigenvalue weighted by Crippen LogP contribution is -2.33. The van der Waals surface area contributed by atoms with E-state index < -0.39 is 12.0 Å². The lowest BCUT2D eigenvalue weighted by atomic mass is 10.1. The number of furan rings is 1. The Morgan fingerprint density at radius 1 is 1.32 bits per heavy atom. The highest BCUT2D eigenvalue weighted by molar-refractivity contribution is 5.93. The Labute approximate surface area is 143 Å². The molecule has 2 atom stereocenters. The van der Waals surface area contributed by atoms with Crippen LogP contribution in [0.2, 0.25) is 0 Å². The normalized spacial score (nSPS) is 13.4. The van der Waals surface area contributed by atoms with Gasteiger partial charge in [-0.3, -0.25) is 4.79 Å². The second-order valence-corrected chi connectivity index (χ2v) is 5.72. The molecule has 25 heavy (non-hydrogen) atoms. The van der Waals surface area contributed by atoms with Crippen LogP contribution in [-0.2, 0) is 0 Å². The van der Waals surface area contributed by atoms with Crippen LogP contribution in [0.25, 0.3) is 11.3 Å². The number of carbonyl (C=O) groups excluding carboxylic acids is 1. The zero-order valence-corrected chi connectivity index (χ0v) is 13.5. The van der Waals surface area contributed by atoms with E-state index in [1.807, 2.05) is 0 Å². The summed E-state index contributed by atoms with van der Waals surface area (Å²) in [5.41, 5.74) is 0.730. The van der Waals surface area contributed by atoms with Gasteiger partial charge in [-0.05, 0) is 43.3 Å². The number of carbonyl (C=O) groups is 1. The molecule has 2 aromatic heterocycles. The summed E-state index contributed by atoms with van der Waals surface area (Å²) < 4.78 is 23.2. The molecule has 0 aliphatic heterocycles. The van der Waals surface area contributed by atoms with E-state index in [1.165, 1.54) is 24.5 Å². The van der Waals surface area contributed by atoms with Crippen molar-refractivity contribution in [2.75, 3.05) is 0 Å².